The van der Waals surface area contributed by atoms with Crippen molar-refractivity contribution in [3.63, 3.8) is 0 Å². The van der Waals surface area contributed by atoms with Crippen molar-refractivity contribution in [2.45, 2.75) is 38.0 Å². The van der Waals surface area contributed by atoms with Crippen LogP contribution in [0.2, 0.25) is 0 Å². The summed E-state index contributed by atoms with van der Waals surface area (Å²) < 4.78 is 6.84. The minimum atomic E-state index is -0.168. The maximum atomic E-state index is 12.5. The second-order valence-electron chi connectivity index (χ2n) is 6.19. The highest BCUT2D eigenvalue weighted by Gasteiger charge is 2.36. The number of hydrogen-bond acceptors (Lipinski definition) is 3. The normalized spacial score (nSPS) is 19.9. The molecule has 1 aliphatic carbocycles. The molecule has 1 aromatic carbocycles. The van der Waals surface area contributed by atoms with Crippen LogP contribution in [-0.4, -0.2) is 42.1 Å². The van der Waals surface area contributed by atoms with Crippen LogP contribution in [0.4, 0.5) is 0 Å². The minimum Gasteiger partial charge on any atom is -0.363 e. The Hall–Kier alpha value is -0.910. The van der Waals surface area contributed by atoms with Gasteiger partial charge in [0.1, 0.15) is 6.61 Å². The molecular formula is C16H21BrN2O2. The van der Waals surface area contributed by atoms with Gasteiger partial charge in [0.2, 0.25) is 5.91 Å². The first-order valence-electron chi connectivity index (χ1n) is 7.45. The van der Waals surface area contributed by atoms with Crippen LogP contribution in [-0.2, 0) is 16.1 Å². The number of nitrogens with one attached hydrogen (secondary N) is 1. The summed E-state index contributed by atoms with van der Waals surface area (Å²) in [6.45, 7) is 4.54. The smallest absolute Gasteiger partial charge is 0.249 e. The van der Waals surface area contributed by atoms with E-state index < -0.39 is 0 Å². The summed E-state index contributed by atoms with van der Waals surface area (Å²) in [6, 6.07) is 8.46. The average Bonchev–Trinajstić information content (AvgIpc) is 3.26. The van der Waals surface area contributed by atoms with Crippen LogP contribution < -0.4 is 5.32 Å². The third-order valence-electron chi connectivity index (χ3n) is 4.15. The first kappa shape index (κ1) is 15.0. The number of carbonyl (C=O) groups is 1. The lowest BCUT2D eigenvalue weighted by molar-refractivity contribution is -0.147. The van der Waals surface area contributed by atoms with Crippen LogP contribution in [0.5, 0.6) is 0 Å². The first-order chi connectivity index (χ1) is 10.1. The molecule has 0 radical (unpaired) electrons. The highest BCUT2D eigenvalue weighted by Crippen LogP contribution is 2.30. The molecule has 1 saturated carbocycles. The summed E-state index contributed by atoms with van der Waals surface area (Å²) in [4.78, 5) is 14.5. The van der Waals surface area contributed by atoms with E-state index in [1.54, 1.807) is 0 Å². The maximum absolute atomic E-state index is 12.5. The van der Waals surface area contributed by atoms with Gasteiger partial charge in [-0.1, -0.05) is 34.1 Å². The molecular weight excluding hydrogens is 332 g/mol. The van der Waals surface area contributed by atoms with Crippen molar-refractivity contribution in [3.05, 3.63) is 34.3 Å². The van der Waals surface area contributed by atoms with Crippen molar-refractivity contribution in [1.29, 1.82) is 0 Å². The van der Waals surface area contributed by atoms with Gasteiger partial charge < -0.3 is 15.0 Å². The molecule has 0 aromatic heterocycles. The second-order valence-corrected chi connectivity index (χ2v) is 7.04. The molecule has 0 atom stereocenters. The van der Waals surface area contributed by atoms with E-state index in [9.17, 15) is 4.79 Å². The SMILES string of the molecule is CC1(OCC(=O)N(Cc2ccccc2Br)C2CC2)CNC1. The zero-order valence-corrected chi connectivity index (χ0v) is 13.9. The number of benzene rings is 1. The molecule has 2 fully saturated rings. The molecule has 0 unspecified atom stereocenters. The summed E-state index contributed by atoms with van der Waals surface area (Å²) in [5.74, 6) is 0.0985. The van der Waals surface area contributed by atoms with Crippen molar-refractivity contribution < 1.29 is 9.53 Å². The van der Waals surface area contributed by atoms with Crippen LogP contribution in [0.15, 0.2) is 28.7 Å². The van der Waals surface area contributed by atoms with Gasteiger partial charge >= 0.3 is 0 Å². The molecule has 1 N–H and O–H groups in total. The van der Waals surface area contributed by atoms with Crippen LogP contribution in [0.3, 0.4) is 0 Å². The molecule has 0 spiro atoms. The van der Waals surface area contributed by atoms with Gasteiger partial charge in [-0.2, -0.15) is 0 Å². The monoisotopic (exact) mass is 352 g/mol. The molecule has 5 heteroatoms. The number of halogens is 1. The van der Waals surface area contributed by atoms with E-state index in [4.69, 9.17) is 4.74 Å². The third-order valence-corrected chi connectivity index (χ3v) is 4.92. The number of carbonyl (C=O) groups excluding carboxylic acids is 1. The largest absolute Gasteiger partial charge is 0.363 e. The fourth-order valence-corrected chi connectivity index (χ4v) is 2.93. The first-order valence-corrected chi connectivity index (χ1v) is 8.24. The molecule has 3 rings (SSSR count). The van der Waals surface area contributed by atoms with Gasteiger partial charge in [-0.3, -0.25) is 4.79 Å². The summed E-state index contributed by atoms with van der Waals surface area (Å²) in [5.41, 5.74) is 0.979. The van der Waals surface area contributed by atoms with Gasteiger partial charge in [-0.05, 0) is 31.4 Å². The molecule has 2 aliphatic rings. The zero-order chi connectivity index (χ0) is 14.9. The van der Waals surface area contributed by atoms with E-state index in [1.807, 2.05) is 30.0 Å². The Bertz CT molecular complexity index is 527. The Kier molecular flexibility index (Phi) is 4.33. The van der Waals surface area contributed by atoms with Crippen molar-refractivity contribution in [2.75, 3.05) is 19.7 Å². The topological polar surface area (TPSA) is 41.6 Å². The molecule has 1 aromatic rings. The molecule has 0 bridgehead atoms. The van der Waals surface area contributed by atoms with Gasteiger partial charge in [-0.15, -0.1) is 0 Å². The molecule has 114 valence electrons. The van der Waals surface area contributed by atoms with Crippen LogP contribution in [0, 0.1) is 0 Å². The van der Waals surface area contributed by atoms with Crippen molar-refractivity contribution in [2.24, 2.45) is 0 Å². The molecule has 1 heterocycles. The fraction of sp³-hybridized carbons (Fsp3) is 0.562. The molecule has 1 aliphatic heterocycles. The summed E-state index contributed by atoms with van der Waals surface area (Å²) >= 11 is 3.56. The summed E-state index contributed by atoms with van der Waals surface area (Å²) in [6.07, 6.45) is 2.21. The third kappa shape index (κ3) is 3.65. The maximum Gasteiger partial charge on any atom is 0.249 e. The lowest BCUT2D eigenvalue weighted by Crippen LogP contribution is -2.59. The number of rotatable bonds is 6. The quantitative estimate of drug-likeness (QED) is 0.854. The van der Waals surface area contributed by atoms with Crippen molar-refractivity contribution in [3.8, 4) is 0 Å². The van der Waals surface area contributed by atoms with Crippen molar-refractivity contribution in [1.82, 2.24) is 10.2 Å². The van der Waals surface area contributed by atoms with Gasteiger partial charge in [0, 0.05) is 30.1 Å². The highest BCUT2D eigenvalue weighted by molar-refractivity contribution is 9.10. The van der Waals surface area contributed by atoms with Gasteiger partial charge in [0.15, 0.2) is 0 Å². The predicted octanol–water partition coefficient (Wildman–Crippen LogP) is 2.32. The number of amides is 1. The Morgan fingerprint density at radius 3 is 2.71 bits per heavy atom. The Labute approximate surface area is 134 Å². The van der Waals surface area contributed by atoms with E-state index in [1.165, 1.54) is 0 Å². The lowest BCUT2D eigenvalue weighted by atomic mass is 10.0. The number of ether oxygens (including phenoxy) is 1. The summed E-state index contributed by atoms with van der Waals surface area (Å²) in [7, 11) is 0. The van der Waals surface area contributed by atoms with Crippen LogP contribution in [0.1, 0.15) is 25.3 Å². The van der Waals surface area contributed by atoms with Crippen LogP contribution in [0.25, 0.3) is 0 Å². The summed E-state index contributed by atoms with van der Waals surface area (Å²) in [5, 5.41) is 3.18. The second kappa shape index (κ2) is 6.07. The van der Waals surface area contributed by atoms with E-state index in [2.05, 4.69) is 27.3 Å². The standard InChI is InChI=1S/C16H21BrN2O2/c1-16(10-18-11-16)21-9-15(20)19(13-6-7-13)8-12-4-2-3-5-14(12)17/h2-5,13,18H,6-11H2,1H3. The average molecular weight is 353 g/mol. The Balaban J connectivity index is 1.61. The minimum absolute atomic E-state index is 0.0985. The highest BCUT2D eigenvalue weighted by atomic mass is 79.9. The van der Waals surface area contributed by atoms with Gasteiger partial charge in [0.05, 0.1) is 5.60 Å². The van der Waals surface area contributed by atoms with E-state index in [-0.39, 0.29) is 18.1 Å². The van der Waals surface area contributed by atoms with E-state index in [0.29, 0.717) is 12.6 Å². The molecule has 1 saturated heterocycles. The number of hydrogen-bond donors (Lipinski definition) is 1. The molecule has 4 nitrogen and oxygen atoms in total. The molecule has 1 amide bonds. The Morgan fingerprint density at radius 1 is 1.43 bits per heavy atom. The molecule has 21 heavy (non-hydrogen) atoms. The van der Waals surface area contributed by atoms with Crippen LogP contribution >= 0.6 is 15.9 Å². The van der Waals surface area contributed by atoms with Crippen molar-refractivity contribution >= 4 is 21.8 Å². The lowest BCUT2D eigenvalue weighted by Gasteiger charge is -2.39. The van der Waals surface area contributed by atoms with Gasteiger partial charge in [0.25, 0.3) is 0 Å². The fourth-order valence-electron chi connectivity index (χ4n) is 2.52. The number of nitrogens with zero attached hydrogens (tertiary/aromatic N) is 1. The van der Waals surface area contributed by atoms with Gasteiger partial charge in [-0.25, -0.2) is 0 Å². The zero-order valence-electron chi connectivity index (χ0n) is 12.3. The van der Waals surface area contributed by atoms with E-state index >= 15 is 0 Å². The Morgan fingerprint density at radius 2 is 2.14 bits per heavy atom. The predicted molar refractivity (Wildman–Crippen MR) is 84.9 cm³/mol. The van der Waals surface area contributed by atoms with E-state index in [0.717, 1.165) is 36.0 Å².